The van der Waals surface area contributed by atoms with Gasteiger partial charge in [0, 0.05) is 0 Å². The Balaban J connectivity index is 2.39. The van der Waals surface area contributed by atoms with Gasteiger partial charge in [-0.2, -0.15) is 0 Å². The lowest BCUT2D eigenvalue weighted by atomic mass is 9.93. The van der Waals surface area contributed by atoms with Crippen molar-refractivity contribution in [3.8, 4) is 0 Å². The van der Waals surface area contributed by atoms with Crippen LogP contribution in [0.4, 0.5) is 0 Å². The van der Waals surface area contributed by atoms with Crippen molar-refractivity contribution >= 4 is 17.6 Å². The highest BCUT2D eigenvalue weighted by Crippen LogP contribution is 2.27. The maximum absolute atomic E-state index is 11.6. The Morgan fingerprint density at radius 1 is 0.923 bits per heavy atom. The summed E-state index contributed by atoms with van der Waals surface area (Å²) in [6, 6.07) is 16.1. The lowest BCUT2D eigenvalue weighted by molar-refractivity contribution is 0.0696. The first-order chi connectivity index (χ1) is 12.6. The van der Waals surface area contributed by atoms with Crippen LogP contribution in [0.2, 0.25) is 0 Å². The van der Waals surface area contributed by atoms with Crippen LogP contribution in [-0.2, 0) is 6.42 Å². The number of allylic oxidation sites excluding steroid dienone is 1. The molecule has 0 saturated carbocycles. The molecule has 2 heteroatoms. The molecule has 0 spiro atoms. The Morgan fingerprint density at radius 2 is 1.65 bits per heavy atom. The van der Waals surface area contributed by atoms with Crippen molar-refractivity contribution in [3.05, 3.63) is 70.8 Å². The number of hydrogen-bond donors (Lipinski definition) is 1. The van der Waals surface area contributed by atoms with Gasteiger partial charge in [0.1, 0.15) is 0 Å². The van der Waals surface area contributed by atoms with Gasteiger partial charge in [0.15, 0.2) is 0 Å². The van der Waals surface area contributed by atoms with Crippen molar-refractivity contribution in [2.24, 2.45) is 0 Å². The van der Waals surface area contributed by atoms with Crippen LogP contribution in [0.1, 0.15) is 79.4 Å². The minimum Gasteiger partial charge on any atom is -0.478 e. The van der Waals surface area contributed by atoms with Crippen LogP contribution in [0.5, 0.6) is 0 Å². The molecule has 0 bridgehead atoms. The summed E-state index contributed by atoms with van der Waals surface area (Å²) in [5.41, 5.74) is 4.94. The summed E-state index contributed by atoms with van der Waals surface area (Å²) in [6.45, 7) is 4.34. The lowest BCUT2D eigenvalue weighted by Crippen LogP contribution is -2.00. The second-order valence-corrected chi connectivity index (χ2v) is 6.86. The molecule has 0 aromatic heterocycles. The smallest absolute Gasteiger partial charge is 0.335 e. The Kier molecular flexibility index (Phi) is 8.14. The zero-order chi connectivity index (χ0) is 18.8. The van der Waals surface area contributed by atoms with E-state index in [0.717, 1.165) is 42.4 Å². The van der Waals surface area contributed by atoms with Gasteiger partial charge in [-0.3, -0.25) is 0 Å². The molecule has 0 amide bonds. The zero-order valence-electron chi connectivity index (χ0n) is 16.0. The van der Waals surface area contributed by atoms with Gasteiger partial charge in [0.2, 0.25) is 0 Å². The third-order valence-electron chi connectivity index (χ3n) is 4.59. The molecule has 2 rings (SSSR count). The average Bonchev–Trinajstić information content (AvgIpc) is 2.65. The summed E-state index contributed by atoms with van der Waals surface area (Å²) in [7, 11) is 0. The molecule has 0 aliphatic heterocycles. The topological polar surface area (TPSA) is 37.3 Å². The van der Waals surface area contributed by atoms with Crippen LogP contribution in [0, 0.1) is 0 Å². The number of rotatable bonds is 10. The normalized spacial score (nSPS) is 11.5. The fourth-order valence-corrected chi connectivity index (χ4v) is 3.23. The molecule has 1 N–H and O–H groups in total. The van der Waals surface area contributed by atoms with E-state index >= 15 is 0 Å². The molecule has 0 saturated heterocycles. The molecular formula is C24H30O2. The highest BCUT2D eigenvalue weighted by molar-refractivity contribution is 5.91. The summed E-state index contributed by atoms with van der Waals surface area (Å²) in [4.78, 5) is 11.6. The number of carbonyl (C=O) groups is 1. The van der Waals surface area contributed by atoms with Gasteiger partial charge < -0.3 is 5.11 Å². The Morgan fingerprint density at radius 3 is 2.31 bits per heavy atom. The number of benzene rings is 2. The monoisotopic (exact) mass is 350 g/mol. The Hall–Kier alpha value is -2.35. The molecule has 2 aromatic rings. The van der Waals surface area contributed by atoms with Gasteiger partial charge in [-0.05, 0) is 53.7 Å². The third-order valence-corrected chi connectivity index (χ3v) is 4.59. The van der Waals surface area contributed by atoms with Crippen LogP contribution in [-0.4, -0.2) is 11.1 Å². The Labute approximate surface area is 157 Å². The van der Waals surface area contributed by atoms with Crippen LogP contribution in [0.25, 0.3) is 11.6 Å². The lowest BCUT2D eigenvalue weighted by Gasteiger charge is -2.12. The number of aromatic carboxylic acids is 1. The van der Waals surface area contributed by atoms with Crippen LogP contribution < -0.4 is 0 Å². The van der Waals surface area contributed by atoms with Crippen LogP contribution >= 0.6 is 0 Å². The minimum atomic E-state index is -0.853. The largest absolute Gasteiger partial charge is 0.478 e. The molecule has 2 nitrogen and oxygen atoms in total. The van der Waals surface area contributed by atoms with Crippen molar-refractivity contribution in [2.45, 2.75) is 58.8 Å². The van der Waals surface area contributed by atoms with E-state index in [9.17, 15) is 9.90 Å². The van der Waals surface area contributed by atoms with Crippen molar-refractivity contribution < 1.29 is 9.90 Å². The summed E-state index contributed by atoms with van der Waals surface area (Å²) >= 11 is 0. The summed E-state index contributed by atoms with van der Waals surface area (Å²) in [6.07, 6.45) is 9.91. The summed E-state index contributed by atoms with van der Waals surface area (Å²) < 4.78 is 0. The van der Waals surface area contributed by atoms with Gasteiger partial charge in [0.25, 0.3) is 0 Å². The van der Waals surface area contributed by atoms with Gasteiger partial charge in [-0.25, -0.2) is 4.79 Å². The first-order valence-corrected chi connectivity index (χ1v) is 9.77. The van der Waals surface area contributed by atoms with Gasteiger partial charge in [0.05, 0.1) is 5.56 Å². The van der Waals surface area contributed by atoms with E-state index < -0.39 is 5.97 Å². The van der Waals surface area contributed by atoms with Gasteiger partial charge in [-0.1, -0.05) is 82.0 Å². The van der Waals surface area contributed by atoms with Crippen molar-refractivity contribution in [1.82, 2.24) is 0 Å². The first kappa shape index (κ1) is 20.0. The second kappa shape index (κ2) is 10.6. The number of unbranched alkanes of at least 4 members (excludes halogenated alkanes) is 3. The number of carboxylic acids is 1. The quantitative estimate of drug-likeness (QED) is 0.376. The molecule has 26 heavy (non-hydrogen) atoms. The van der Waals surface area contributed by atoms with E-state index in [1.165, 1.54) is 24.8 Å². The SMILES string of the molecule is CCCCCCC(=Cc1ccccc1)c1cc(CCC)cc(C(=O)O)c1. The van der Waals surface area contributed by atoms with Crippen molar-refractivity contribution in [2.75, 3.05) is 0 Å². The molecule has 0 aliphatic rings. The highest BCUT2D eigenvalue weighted by Gasteiger charge is 2.10. The molecule has 0 fully saturated rings. The molecule has 0 radical (unpaired) electrons. The highest BCUT2D eigenvalue weighted by atomic mass is 16.4. The number of aryl methyl sites for hydroxylation is 1. The molecular weight excluding hydrogens is 320 g/mol. The predicted octanol–water partition coefficient (Wildman–Crippen LogP) is 6.85. The van der Waals surface area contributed by atoms with Gasteiger partial charge >= 0.3 is 5.97 Å². The Bertz CT molecular complexity index is 729. The van der Waals surface area contributed by atoms with E-state index in [4.69, 9.17) is 0 Å². The van der Waals surface area contributed by atoms with Gasteiger partial charge in [-0.15, -0.1) is 0 Å². The average molecular weight is 351 g/mol. The summed E-state index contributed by atoms with van der Waals surface area (Å²) in [5.74, 6) is -0.853. The zero-order valence-corrected chi connectivity index (χ0v) is 16.0. The maximum atomic E-state index is 11.6. The van der Waals surface area contributed by atoms with E-state index in [1.807, 2.05) is 30.3 Å². The second-order valence-electron chi connectivity index (χ2n) is 6.86. The van der Waals surface area contributed by atoms with Crippen LogP contribution in [0.3, 0.4) is 0 Å². The van der Waals surface area contributed by atoms with E-state index in [1.54, 1.807) is 0 Å². The third kappa shape index (κ3) is 6.18. The van der Waals surface area contributed by atoms with Crippen molar-refractivity contribution in [1.29, 1.82) is 0 Å². The number of hydrogen-bond acceptors (Lipinski definition) is 1. The van der Waals surface area contributed by atoms with E-state index in [-0.39, 0.29) is 0 Å². The fraction of sp³-hybridized carbons (Fsp3) is 0.375. The molecule has 0 atom stereocenters. The molecule has 0 aliphatic carbocycles. The van der Waals surface area contributed by atoms with E-state index in [0.29, 0.717) is 5.56 Å². The van der Waals surface area contributed by atoms with Crippen LogP contribution in [0.15, 0.2) is 48.5 Å². The molecule has 138 valence electrons. The standard InChI is InChI=1S/C24H30O2/c1-3-5-6-10-14-21(15-19-12-8-7-9-13-19)22-16-20(11-4-2)17-23(18-22)24(25)26/h7-9,12-13,15-18H,3-6,10-11,14H2,1-2H3,(H,25,26). The van der Waals surface area contributed by atoms with E-state index in [2.05, 4.69) is 38.1 Å². The minimum absolute atomic E-state index is 0.387. The molecule has 2 aromatic carbocycles. The predicted molar refractivity (Wildman–Crippen MR) is 110 cm³/mol. The fourth-order valence-electron chi connectivity index (χ4n) is 3.23. The maximum Gasteiger partial charge on any atom is 0.335 e. The first-order valence-electron chi connectivity index (χ1n) is 9.77. The summed E-state index contributed by atoms with van der Waals surface area (Å²) in [5, 5.41) is 9.50. The molecule has 0 heterocycles. The number of carboxylic acid groups (broad SMARTS) is 1. The molecule has 0 unspecified atom stereocenters. The van der Waals surface area contributed by atoms with Crippen molar-refractivity contribution in [3.63, 3.8) is 0 Å².